The minimum absolute atomic E-state index is 0.632. The highest BCUT2D eigenvalue weighted by molar-refractivity contribution is 5.40. The molecule has 3 nitrogen and oxygen atoms in total. The third-order valence-electron chi connectivity index (χ3n) is 2.64. The van der Waals surface area contributed by atoms with Crippen LogP contribution in [0.25, 0.3) is 0 Å². The monoisotopic (exact) mass is 237 g/mol. The van der Waals surface area contributed by atoms with E-state index < -0.39 is 0 Å². The van der Waals surface area contributed by atoms with Crippen LogP contribution in [-0.4, -0.2) is 20.3 Å². The summed E-state index contributed by atoms with van der Waals surface area (Å²) in [5.41, 5.74) is 6.74. The minimum atomic E-state index is 0.632. The summed E-state index contributed by atoms with van der Waals surface area (Å²) in [6.07, 6.45) is 1.89. The van der Waals surface area contributed by atoms with Crippen molar-refractivity contribution in [3.63, 3.8) is 0 Å². The van der Waals surface area contributed by atoms with Gasteiger partial charge in [-0.25, -0.2) is 0 Å². The van der Waals surface area contributed by atoms with Gasteiger partial charge in [-0.2, -0.15) is 0 Å². The quantitative estimate of drug-likeness (QED) is 0.793. The Balaban J connectivity index is 2.70. The maximum absolute atomic E-state index is 5.81. The predicted octanol–water partition coefficient (Wildman–Crippen LogP) is 2.62. The van der Waals surface area contributed by atoms with Crippen molar-refractivity contribution in [2.75, 3.05) is 20.3 Å². The number of nitrogens with two attached hydrogens (primary N) is 1. The predicted molar refractivity (Wildman–Crippen MR) is 70.7 cm³/mol. The van der Waals surface area contributed by atoms with Crippen molar-refractivity contribution >= 4 is 0 Å². The van der Waals surface area contributed by atoms with E-state index in [-0.39, 0.29) is 0 Å². The standard InChI is InChI=1S/C14H23NO2/c1-11(2)7-9-17-14-10-13(16-3)5-4-12(14)6-8-15/h4-5,10-11H,6-9,15H2,1-3H3. The zero-order valence-corrected chi connectivity index (χ0v) is 11.0. The molecule has 0 aliphatic carbocycles. The molecule has 96 valence electrons. The third-order valence-corrected chi connectivity index (χ3v) is 2.64. The van der Waals surface area contributed by atoms with Gasteiger partial charge < -0.3 is 15.2 Å². The first-order valence-corrected chi connectivity index (χ1v) is 6.17. The van der Waals surface area contributed by atoms with Crippen LogP contribution in [0.5, 0.6) is 11.5 Å². The number of rotatable bonds is 7. The van der Waals surface area contributed by atoms with Gasteiger partial charge in [-0.15, -0.1) is 0 Å². The molecule has 0 radical (unpaired) electrons. The minimum Gasteiger partial charge on any atom is -0.497 e. The Morgan fingerprint density at radius 1 is 1.29 bits per heavy atom. The Morgan fingerprint density at radius 3 is 2.65 bits per heavy atom. The summed E-state index contributed by atoms with van der Waals surface area (Å²) in [4.78, 5) is 0. The van der Waals surface area contributed by atoms with Crippen LogP contribution in [0.3, 0.4) is 0 Å². The Morgan fingerprint density at radius 2 is 2.06 bits per heavy atom. The number of hydrogen-bond donors (Lipinski definition) is 1. The lowest BCUT2D eigenvalue weighted by Crippen LogP contribution is -2.07. The van der Waals surface area contributed by atoms with Crippen molar-refractivity contribution in [2.24, 2.45) is 11.7 Å². The number of methoxy groups -OCH3 is 1. The summed E-state index contributed by atoms with van der Waals surface area (Å²) in [6.45, 7) is 5.75. The molecule has 0 aliphatic heterocycles. The summed E-state index contributed by atoms with van der Waals surface area (Å²) >= 11 is 0. The van der Waals surface area contributed by atoms with E-state index in [0.29, 0.717) is 12.5 Å². The molecule has 0 saturated heterocycles. The average Bonchev–Trinajstić information content (AvgIpc) is 2.31. The molecule has 3 heteroatoms. The van der Waals surface area contributed by atoms with Crippen molar-refractivity contribution < 1.29 is 9.47 Å². The fourth-order valence-corrected chi connectivity index (χ4v) is 1.56. The van der Waals surface area contributed by atoms with Crippen LogP contribution in [0, 0.1) is 5.92 Å². The first-order valence-electron chi connectivity index (χ1n) is 6.17. The second-order valence-corrected chi connectivity index (χ2v) is 4.54. The van der Waals surface area contributed by atoms with Gasteiger partial charge in [0, 0.05) is 6.07 Å². The Kier molecular flexibility index (Phi) is 5.84. The molecule has 2 N–H and O–H groups in total. The summed E-state index contributed by atoms with van der Waals surface area (Å²) in [7, 11) is 1.66. The molecule has 0 bridgehead atoms. The highest BCUT2D eigenvalue weighted by atomic mass is 16.5. The molecule has 17 heavy (non-hydrogen) atoms. The van der Waals surface area contributed by atoms with Crippen molar-refractivity contribution in [3.8, 4) is 11.5 Å². The van der Waals surface area contributed by atoms with Crippen LogP contribution >= 0.6 is 0 Å². The van der Waals surface area contributed by atoms with E-state index in [1.54, 1.807) is 7.11 Å². The zero-order chi connectivity index (χ0) is 12.7. The van der Waals surface area contributed by atoms with E-state index in [9.17, 15) is 0 Å². The van der Waals surface area contributed by atoms with Gasteiger partial charge in [-0.3, -0.25) is 0 Å². The second-order valence-electron chi connectivity index (χ2n) is 4.54. The fraction of sp³-hybridized carbons (Fsp3) is 0.571. The smallest absolute Gasteiger partial charge is 0.126 e. The van der Waals surface area contributed by atoms with Crippen molar-refractivity contribution in [3.05, 3.63) is 23.8 Å². The van der Waals surface area contributed by atoms with Gasteiger partial charge in [0.2, 0.25) is 0 Å². The van der Waals surface area contributed by atoms with Gasteiger partial charge in [0.25, 0.3) is 0 Å². The molecule has 0 heterocycles. The largest absolute Gasteiger partial charge is 0.497 e. The second kappa shape index (κ2) is 7.17. The molecule has 1 aromatic carbocycles. The van der Waals surface area contributed by atoms with Crippen LogP contribution in [0.15, 0.2) is 18.2 Å². The molecule has 0 amide bonds. The van der Waals surface area contributed by atoms with Crippen molar-refractivity contribution in [1.29, 1.82) is 0 Å². The third kappa shape index (κ3) is 4.65. The maximum atomic E-state index is 5.81. The number of hydrogen-bond acceptors (Lipinski definition) is 3. The summed E-state index contributed by atoms with van der Waals surface area (Å²) in [5.74, 6) is 2.37. The molecule has 0 unspecified atom stereocenters. The van der Waals surface area contributed by atoms with E-state index in [1.165, 1.54) is 0 Å². The molecule has 0 aromatic heterocycles. The van der Waals surface area contributed by atoms with Crippen LogP contribution < -0.4 is 15.2 Å². The lowest BCUT2D eigenvalue weighted by molar-refractivity contribution is 0.285. The topological polar surface area (TPSA) is 44.5 Å². The van der Waals surface area contributed by atoms with Crippen LogP contribution in [0.2, 0.25) is 0 Å². The average molecular weight is 237 g/mol. The van der Waals surface area contributed by atoms with Crippen molar-refractivity contribution in [1.82, 2.24) is 0 Å². The van der Waals surface area contributed by atoms with E-state index in [2.05, 4.69) is 13.8 Å². The van der Waals surface area contributed by atoms with Gasteiger partial charge in [-0.1, -0.05) is 19.9 Å². The van der Waals surface area contributed by atoms with E-state index in [1.807, 2.05) is 18.2 Å². The molecule has 0 saturated carbocycles. The van der Waals surface area contributed by atoms with E-state index >= 15 is 0 Å². The highest BCUT2D eigenvalue weighted by Gasteiger charge is 2.05. The van der Waals surface area contributed by atoms with Crippen LogP contribution in [0.1, 0.15) is 25.8 Å². The summed E-state index contributed by atoms with van der Waals surface area (Å²) in [6, 6.07) is 5.90. The fourth-order valence-electron chi connectivity index (χ4n) is 1.56. The summed E-state index contributed by atoms with van der Waals surface area (Å²) in [5, 5.41) is 0. The molecular formula is C14H23NO2. The number of benzene rings is 1. The molecular weight excluding hydrogens is 214 g/mol. The highest BCUT2D eigenvalue weighted by Crippen LogP contribution is 2.25. The first kappa shape index (κ1) is 13.8. The Bertz CT molecular complexity index is 337. The summed E-state index contributed by atoms with van der Waals surface area (Å²) < 4.78 is 11.0. The van der Waals surface area contributed by atoms with Gasteiger partial charge in [0.05, 0.1) is 13.7 Å². The van der Waals surface area contributed by atoms with Crippen LogP contribution in [-0.2, 0) is 6.42 Å². The lowest BCUT2D eigenvalue weighted by Gasteiger charge is -2.13. The van der Waals surface area contributed by atoms with Gasteiger partial charge >= 0.3 is 0 Å². The van der Waals surface area contributed by atoms with Gasteiger partial charge in [0.1, 0.15) is 11.5 Å². The molecule has 0 fully saturated rings. The van der Waals surface area contributed by atoms with Gasteiger partial charge in [-0.05, 0) is 36.9 Å². The number of ether oxygens (including phenoxy) is 2. The van der Waals surface area contributed by atoms with E-state index in [0.717, 1.165) is 36.5 Å². The molecule has 0 spiro atoms. The maximum Gasteiger partial charge on any atom is 0.126 e. The van der Waals surface area contributed by atoms with Gasteiger partial charge in [0.15, 0.2) is 0 Å². The zero-order valence-electron chi connectivity index (χ0n) is 11.0. The lowest BCUT2D eigenvalue weighted by atomic mass is 10.1. The van der Waals surface area contributed by atoms with E-state index in [4.69, 9.17) is 15.2 Å². The Labute approximate surface area is 104 Å². The van der Waals surface area contributed by atoms with Crippen LogP contribution in [0.4, 0.5) is 0 Å². The molecule has 0 atom stereocenters. The first-order chi connectivity index (χ1) is 8.17. The SMILES string of the molecule is COc1ccc(CCN)c(OCCC(C)C)c1. The normalized spacial score (nSPS) is 10.6. The molecule has 1 rings (SSSR count). The molecule has 1 aromatic rings. The molecule has 0 aliphatic rings. The Hall–Kier alpha value is -1.22. The van der Waals surface area contributed by atoms with Crippen molar-refractivity contribution in [2.45, 2.75) is 26.7 Å².